The van der Waals surface area contributed by atoms with E-state index in [1.54, 1.807) is 7.11 Å². The van der Waals surface area contributed by atoms with E-state index in [2.05, 4.69) is 20.5 Å². The van der Waals surface area contributed by atoms with Crippen molar-refractivity contribution in [3.63, 3.8) is 0 Å². The fourth-order valence-electron chi connectivity index (χ4n) is 1.49. The highest BCUT2D eigenvalue weighted by atomic mass is 16.5. The van der Waals surface area contributed by atoms with E-state index in [1.807, 2.05) is 31.2 Å². The summed E-state index contributed by atoms with van der Waals surface area (Å²) in [6.07, 6.45) is 0. The fourth-order valence-corrected chi connectivity index (χ4v) is 1.49. The van der Waals surface area contributed by atoms with Gasteiger partial charge in [-0.25, -0.2) is 4.98 Å². The van der Waals surface area contributed by atoms with Gasteiger partial charge in [-0.3, -0.25) is 5.10 Å². The van der Waals surface area contributed by atoms with Crippen LogP contribution in [0.2, 0.25) is 0 Å². The number of anilines is 1. The molecule has 0 bridgehead atoms. The molecule has 0 aliphatic rings. The molecule has 1 heterocycles. The van der Waals surface area contributed by atoms with Gasteiger partial charge in [0.1, 0.15) is 11.6 Å². The molecule has 0 unspecified atom stereocenters. The molecule has 96 valence electrons. The van der Waals surface area contributed by atoms with E-state index >= 15 is 0 Å². The quantitative estimate of drug-likeness (QED) is 0.744. The van der Waals surface area contributed by atoms with Crippen molar-refractivity contribution in [3.05, 3.63) is 35.9 Å². The Hall–Kier alpha value is -2.08. The molecule has 4 N–H and O–H groups in total. The summed E-state index contributed by atoms with van der Waals surface area (Å²) in [5.41, 5.74) is 6.68. The number of ether oxygens (including phenoxy) is 1. The Morgan fingerprint density at radius 1 is 1.39 bits per heavy atom. The summed E-state index contributed by atoms with van der Waals surface area (Å²) < 4.78 is 5.09. The number of methoxy groups -OCH3 is 1. The molecule has 6 nitrogen and oxygen atoms in total. The molecule has 1 aromatic carbocycles. The topological polar surface area (TPSA) is 88.8 Å². The van der Waals surface area contributed by atoms with Crippen LogP contribution in [0, 0.1) is 0 Å². The van der Waals surface area contributed by atoms with Crippen LogP contribution in [0.4, 0.5) is 5.69 Å². The maximum atomic E-state index is 5.69. The van der Waals surface area contributed by atoms with Crippen LogP contribution in [0.5, 0.6) is 5.75 Å². The predicted octanol–water partition coefficient (Wildman–Crippen LogP) is 1.45. The maximum Gasteiger partial charge on any atom is 0.167 e. The Kier molecular flexibility index (Phi) is 3.78. The van der Waals surface area contributed by atoms with Gasteiger partial charge in [0.15, 0.2) is 5.82 Å². The van der Waals surface area contributed by atoms with Crippen LogP contribution in [-0.2, 0) is 6.54 Å². The second kappa shape index (κ2) is 5.50. The molecule has 0 spiro atoms. The van der Waals surface area contributed by atoms with Crippen LogP contribution < -0.4 is 15.8 Å². The van der Waals surface area contributed by atoms with Gasteiger partial charge in [-0.1, -0.05) is 0 Å². The molecule has 18 heavy (non-hydrogen) atoms. The molecular weight excluding hydrogens is 230 g/mol. The lowest BCUT2D eigenvalue weighted by Crippen LogP contribution is -2.07. The minimum absolute atomic E-state index is 0.156. The Morgan fingerprint density at radius 3 is 2.67 bits per heavy atom. The number of rotatable bonds is 5. The van der Waals surface area contributed by atoms with Gasteiger partial charge in [0.2, 0.25) is 0 Å². The average Bonchev–Trinajstić information content (AvgIpc) is 2.86. The molecule has 0 aliphatic carbocycles. The van der Waals surface area contributed by atoms with Crippen LogP contribution in [0.1, 0.15) is 24.6 Å². The molecule has 0 radical (unpaired) electrons. The minimum atomic E-state index is -0.156. The van der Waals surface area contributed by atoms with Crippen molar-refractivity contribution in [3.8, 4) is 5.75 Å². The van der Waals surface area contributed by atoms with Gasteiger partial charge in [-0.15, -0.1) is 0 Å². The molecule has 0 saturated carbocycles. The highest BCUT2D eigenvalue weighted by molar-refractivity contribution is 5.46. The van der Waals surface area contributed by atoms with Crippen molar-refractivity contribution in [1.29, 1.82) is 0 Å². The summed E-state index contributed by atoms with van der Waals surface area (Å²) in [7, 11) is 1.65. The standard InChI is InChI=1S/C12H17N5O/c1-8(13)12-15-11(16-17-12)7-14-9-3-5-10(18-2)6-4-9/h3-6,8,14H,7,13H2,1-2H3,(H,15,16,17)/t8-/m0/s1. The molecule has 1 atom stereocenters. The number of nitrogens with one attached hydrogen (secondary N) is 2. The first-order valence-corrected chi connectivity index (χ1v) is 5.73. The van der Waals surface area contributed by atoms with E-state index in [0.717, 1.165) is 17.3 Å². The minimum Gasteiger partial charge on any atom is -0.497 e. The van der Waals surface area contributed by atoms with Crippen molar-refractivity contribution in [2.75, 3.05) is 12.4 Å². The Labute approximate surface area is 106 Å². The monoisotopic (exact) mass is 247 g/mol. The largest absolute Gasteiger partial charge is 0.497 e. The predicted molar refractivity (Wildman–Crippen MR) is 69.3 cm³/mol. The van der Waals surface area contributed by atoms with Crippen molar-refractivity contribution in [1.82, 2.24) is 15.2 Å². The first-order chi connectivity index (χ1) is 8.69. The summed E-state index contributed by atoms with van der Waals surface area (Å²) in [6, 6.07) is 7.53. The Balaban J connectivity index is 1.93. The van der Waals surface area contributed by atoms with Gasteiger partial charge in [-0.2, -0.15) is 5.10 Å². The Bertz CT molecular complexity index is 491. The molecule has 2 aromatic rings. The van der Waals surface area contributed by atoms with Crippen LogP contribution in [-0.4, -0.2) is 22.3 Å². The maximum absolute atomic E-state index is 5.69. The van der Waals surface area contributed by atoms with E-state index in [-0.39, 0.29) is 6.04 Å². The number of aromatic nitrogens is 3. The highest BCUT2D eigenvalue weighted by Gasteiger charge is 2.06. The first kappa shape index (κ1) is 12.4. The van der Waals surface area contributed by atoms with Gasteiger partial charge in [0.05, 0.1) is 19.7 Å². The van der Waals surface area contributed by atoms with E-state index in [1.165, 1.54) is 0 Å². The van der Waals surface area contributed by atoms with E-state index in [0.29, 0.717) is 12.4 Å². The third-order valence-corrected chi connectivity index (χ3v) is 2.51. The normalized spacial score (nSPS) is 12.2. The molecule has 2 rings (SSSR count). The second-order valence-electron chi connectivity index (χ2n) is 4.01. The zero-order chi connectivity index (χ0) is 13.0. The molecule has 0 fully saturated rings. The molecule has 0 saturated heterocycles. The number of benzene rings is 1. The summed E-state index contributed by atoms with van der Waals surface area (Å²) in [5.74, 6) is 2.22. The first-order valence-electron chi connectivity index (χ1n) is 5.73. The second-order valence-corrected chi connectivity index (χ2v) is 4.01. The summed E-state index contributed by atoms with van der Waals surface area (Å²) in [6.45, 7) is 2.43. The van der Waals surface area contributed by atoms with Crippen molar-refractivity contribution in [2.24, 2.45) is 5.73 Å². The number of hydrogen-bond acceptors (Lipinski definition) is 5. The smallest absolute Gasteiger partial charge is 0.167 e. The Morgan fingerprint density at radius 2 is 2.11 bits per heavy atom. The van der Waals surface area contributed by atoms with Crippen LogP contribution in [0.15, 0.2) is 24.3 Å². The number of aromatic amines is 1. The van der Waals surface area contributed by atoms with Gasteiger partial charge in [0, 0.05) is 5.69 Å². The summed E-state index contributed by atoms with van der Waals surface area (Å²) >= 11 is 0. The van der Waals surface area contributed by atoms with E-state index < -0.39 is 0 Å². The summed E-state index contributed by atoms with van der Waals surface area (Å²) in [4.78, 5) is 4.28. The lowest BCUT2D eigenvalue weighted by Gasteiger charge is -2.05. The molecule has 0 aliphatic heterocycles. The fraction of sp³-hybridized carbons (Fsp3) is 0.333. The van der Waals surface area contributed by atoms with Gasteiger partial charge in [-0.05, 0) is 31.2 Å². The van der Waals surface area contributed by atoms with E-state index in [4.69, 9.17) is 10.5 Å². The highest BCUT2D eigenvalue weighted by Crippen LogP contribution is 2.15. The third-order valence-electron chi connectivity index (χ3n) is 2.51. The molecule has 1 aromatic heterocycles. The van der Waals surface area contributed by atoms with Gasteiger partial charge < -0.3 is 15.8 Å². The molecular formula is C12H17N5O. The van der Waals surface area contributed by atoms with Crippen LogP contribution >= 0.6 is 0 Å². The average molecular weight is 247 g/mol. The zero-order valence-electron chi connectivity index (χ0n) is 10.5. The number of hydrogen-bond donors (Lipinski definition) is 3. The SMILES string of the molecule is COc1ccc(NCc2nc([C@H](C)N)n[nH]2)cc1. The van der Waals surface area contributed by atoms with Gasteiger partial charge >= 0.3 is 0 Å². The van der Waals surface area contributed by atoms with E-state index in [9.17, 15) is 0 Å². The number of nitrogens with zero attached hydrogens (tertiary/aromatic N) is 2. The van der Waals surface area contributed by atoms with Crippen molar-refractivity contribution >= 4 is 5.69 Å². The molecule has 6 heteroatoms. The van der Waals surface area contributed by atoms with Crippen LogP contribution in [0.3, 0.4) is 0 Å². The lowest BCUT2D eigenvalue weighted by atomic mass is 10.3. The molecule has 0 amide bonds. The van der Waals surface area contributed by atoms with Crippen molar-refractivity contribution < 1.29 is 4.74 Å². The van der Waals surface area contributed by atoms with Crippen LogP contribution in [0.25, 0.3) is 0 Å². The zero-order valence-corrected chi connectivity index (χ0v) is 10.5. The third kappa shape index (κ3) is 2.98. The van der Waals surface area contributed by atoms with Gasteiger partial charge in [0.25, 0.3) is 0 Å². The number of nitrogens with two attached hydrogens (primary N) is 1. The number of H-pyrrole nitrogens is 1. The van der Waals surface area contributed by atoms with Crippen molar-refractivity contribution in [2.45, 2.75) is 19.5 Å². The lowest BCUT2D eigenvalue weighted by molar-refractivity contribution is 0.415. The summed E-state index contributed by atoms with van der Waals surface area (Å²) in [5, 5.41) is 10.1.